The Labute approximate surface area is 357 Å². The molecule has 1 aliphatic heterocycles. The Kier molecular flexibility index (Phi) is 12.7. The smallest absolute Gasteiger partial charge is 0.253 e. The third-order valence-electron chi connectivity index (χ3n) is 10.4. The lowest BCUT2D eigenvalue weighted by atomic mass is 9.88. The van der Waals surface area contributed by atoms with Crippen LogP contribution in [0.5, 0.6) is 5.75 Å². The summed E-state index contributed by atoms with van der Waals surface area (Å²) in [4.78, 5) is 21.2. The number of halogens is 2. The predicted octanol–water partition coefficient (Wildman–Crippen LogP) is 4.97. The van der Waals surface area contributed by atoms with Crippen molar-refractivity contribution in [2.45, 2.75) is 60.8 Å². The SMILES string of the molecule is C=C(CCNC=O)Nc1nn(C)c2c(F)c(C3CCN(C(O)(O)c4cccc(S(=O)c5ccc(Nc6nc7c(OC(C)C)c(/C(C=N)=C/N)ncn7n6)c(F)c5)c4)CC3)ccc12. The van der Waals surface area contributed by atoms with Gasteiger partial charge in [0.15, 0.2) is 17.4 Å². The summed E-state index contributed by atoms with van der Waals surface area (Å²) in [6, 6.07) is 13.5. The summed E-state index contributed by atoms with van der Waals surface area (Å²) in [6.07, 6.45) is 5.28. The number of nitrogens with zero attached hydrogens (tertiary/aromatic N) is 7. The Hall–Kier alpha value is -6.61. The normalized spacial score (nSPS) is 14.6. The average molecular weight is 869 g/mol. The summed E-state index contributed by atoms with van der Waals surface area (Å²) in [7, 11) is -0.263. The van der Waals surface area contributed by atoms with Gasteiger partial charge in [-0.25, -0.2) is 22.9 Å². The van der Waals surface area contributed by atoms with Crippen molar-refractivity contribution < 1.29 is 32.7 Å². The summed E-state index contributed by atoms with van der Waals surface area (Å²) in [5, 5.41) is 48.5. The number of aliphatic hydroxyl groups is 2. The molecule has 1 unspecified atom stereocenters. The molecule has 0 radical (unpaired) electrons. The van der Waals surface area contributed by atoms with Gasteiger partial charge < -0.3 is 42.0 Å². The van der Waals surface area contributed by atoms with Gasteiger partial charge in [-0.05, 0) is 74.6 Å². The van der Waals surface area contributed by atoms with Crippen molar-refractivity contribution in [1.82, 2.24) is 39.6 Å². The first-order valence-electron chi connectivity index (χ1n) is 19.6. The topological polar surface area (TPSA) is 234 Å². The molecule has 0 aliphatic carbocycles. The number of rotatable bonds is 17. The fourth-order valence-electron chi connectivity index (χ4n) is 7.37. The molecule has 1 fully saturated rings. The number of allylic oxidation sites excluding steroid dienone is 1. The molecule has 1 amide bonds. The Morgan fingerprint density at radius 3 is 2.58 bits per heavy atom. The van der Waals surface area contributed by atoms with E-state index in [1.165, 1.54) is 50.9 Å². The van der Waals surface area contributed by atoms with Crippen LogP contribution in [-0.2, 0) is 28.6 Å². The molecule has 3 aromatic heterocycles. The average Bonchev–Trinajstić information content (AvgIpc) is 3.82. The molecule has 4 heterocycles. The van der Waals surface area contributed by atoms with Gasteiger partial charge in [0.25, 0.3) is 5.91 Å². The number of ether oxygens (including phenoxy) is 1. The molecule has 8 N–H and O–H groups in total. The number of piperidine rings is 1. The lowest BCUT2D eigenvalue weighted by molar-refractivity contribution is -0.279. The van der Waals surface area contributed by atoms with Crippen molar-refractivity contribution >= 4 is 63.0 Å². The minimum atomic E-state index is -2.45. The van der Waals surface area contributed by atoms with Crippen LogP contribution in [0, 0.1) is 17.0 Å². The van der Waals surface area contributed by atoms with Gasteiger partial charge in [-0.3, -0.25) is 9.48 Å². The molecule has 3 aromatic carbocycles. The molecular formula is C42H46F2N12O5S. The highest BCUT2D eigenvalue weighted by Crippen LogP contribution is 2.38. The number of nitrogens with two attached hydrogens (primary N) is 1. The van der Waals surface area contributed by atoms with Gasteiger partial charge in [0.2, 0.25) is 18.0 Å². The van der Waals surface area contributed by atoms with Crippen molar-refractivity contribution in [3.05, 3.63) is 108 Å². The van der Waals surface area contributed by atoms with Crippen LogP contribution in [0.25, 0.3) is 22.1 Å². The molecule has 324 valence electrons. The molecule has 0 spiro atoms. The Balaban J connectivity index is 1.03. The van der Waals surface area contributed by atoms with Gasteiger partial charge in [0.1, 0.15) is 23.4 Å². The number of carbonyl (C=O) groups excluding carboxylic acids is 1. The fraction of sp³-hybridized carbons (Fsp3) is 0.286. The van der Waals surface area contributed by atoms with E-state index in [1.807, 2.05) is 13.8 Å². The summed E-state index contributed by atoms with van der Waals surface area (Å²) in [5.41, 5.74) is 8.03. The molecule has 17 nitrogen and oxygen atoms in total. The first-order chi connectivity index (χ1) is 29.7. The van der Waals surface area contributed by atoms with E-state index in [1.54, 1.807) is 31.3 Å². The van der Waals surface area contributed by atoms with Crippen molar-refractivity contribution in [2.24, 2.45) is 12.8 Å². The van der Waals surface area contributed by atoms with Gasteiger partial charge in [0, 0.05) is 77.5 Å². The second kappa shape index (κ2) is 18.2. The quantitative estimate of drug-likeness (QED) is 0.0278. The zero-order valence-corrected chi connectivity index (χ0v) is 34.9. The van der Waals surface area contributed by atoms with E-state index in [0.717, 1.165) is 12.3 Å². The minimum Gasteiger partial charge on any atom is -0.485 e. The van der Waals surface area contributed by atoms with E-state index in [9.17, 15) is 19.2 Å². The fourth-order valence-corrected chi connectivity index (χ4v) is 8.48. The first kappa shape index (κ1) is 43.5. The van der Waals surface area contributed by atoms with Crippen molar-refractivity contribution in [3.63, 3.8) is 0 Å². The number of hydrogen-bond acceptors (Lipinski definition) is 14. The number of nitrogens with one attached hydrogen (secondary N) is 4. The molecule has 1 aliphatic rings. The van der Waals surface area contributed by atoms with Gasteiger partial charge in [0.05, 0.1) is 22.6 Å². The highest BCUT2D eigenvalue weighted by Gasteiger charge is 2.38. The second-order valence-corrected chi connectivity index (χ2v) is 16.4. The number of amides is 1. The van der Waals surface area contributed by atoms with Crippen LogP contribution in [0.15, 0.2) is 89.2 Å². The van der Waals surface area contributed by atoms with Crippen molar-refractivity contribution in [3.8, 4) is 5.75 Å². The Bertz CT molecular complexity index is 2730. The van der Waals surface area contributed by atoms with Gasteiger partial charge >= 0.3 is 0 Å². The maximum atomic E-state index is 16.1. The van der Waals surface area contributed by atoms with Crippen molar-refractivity contribution in [1.29, 1.82) is 5.41 Å². The van der Waals surface area contributed by atoms with Crippen LogP contribution >= 0.6 is 0 Å². The molecule has 0 bridgehead atoms. The van der Waals surface area contributed by atoms with Crippen LogP contribution < -0.4 is 26.4 Å². The van der Waals surface area contributed by atoms with E-state index in [2.05, 4.69) is 42.7 Å². The summed E-state index contributed by atoms with van der Waals surface area (Å²) < 4.78 is 54.2. The molecule has 0 saturated carbocycles. The van der Waals surface area contributed by atoms with Crippen LogP contribution in [0.1, 0.15) is 55.8 Å². The van der Waals surface area contributed by atoms with Crippen LogP contribution in [-0.4, -0.2) is 87.0 Å². The highest BCUT2D eigenvalue weighted by molar-refractivity contribution is 7.85. The number of aromatic nitrogens is 6. The van der Waals surface area contributed by atoms with Crippen LogP contribution in [0.2, 0.25) is 0 Å². The Morgan fingerprint density at radius 2 is 1.89 bits per heavy atom. The van der Waals surface area contributed by atoms with E-state index in [0.29, 0.717) is 65.8 Å². The summed E-state index contributed by atoms with van der Waals surface area (Å²) in [6.45, 7) is 8.42. The number of carbonyl (C=O) groups is 1. The third kappa shape index (κ3) is 8.75. The standard InChI is InChI=1S/C42H46F2N12O5S/c1-24(2)61-38-36(27(20-45)21-46)48-22-56-40(38)51-41(53-56)50-34-11-8-30(19-33(34)43)62(60)29-7-5-6-28(18-29)42(58,59)55-16-13-26(14-17-55)31-9-10-32-37(35(31)44)54(4)52-39(32)49-25(3)12-15-47-23-57/h5-11,18-24,26,45,58-59H,3,12-17,46H2,1-2,4H3,(H,47,57)(H,49,52)(H,50,53)/b27-21+,45-20?. The van der Waals surface area contributed by atoms with Gasteiger partial charge in [-0.15, -0.1) is 5.10 Å². The zero-order valence-electron chi connectivity index (χ0n) is 34.1. The highest BCUT2D eigenvalue weighted by atomic mass is 32.2. The number of hydrogen-bond donors (Lipinski definition) is 7. The predicted molar refractivity (Wildman–Crippen MR) is 230 cm³/mol. The lowest BCUT2D eigenvalue weighted by Gasteiger charge is -2.40. The largest absolute Gasteiger partial charge is 0.485 e. The molecule has 6 aromatic rings. The number of aryl methyl sites for hydroxylation is 1. The molecular weight excluding hydrogens is 823 g/mol. The van der Waals surface area contributed by atoms with Gasteiger partial charge in [-0.2, -0.15) is 14.6 Å². The third-order valence-corrected chi connectivity index (χ3v) is 11.8. The monoisotopic (exact) mass is 868 g/mol. The van der Waals surface area contributed by atoms with Crippen LogP contribution in [0.4, 0.5) is 26.2 Å². The molecule has 20 heteroatoms. The maximum Gasteiger partial charge on any atom is 0.253 e. The number of fused-ring (bicyclic) bond motifs is 2. The maximum absolute atomic E-state index is 16.1. The van der Waals surface area contributed by atoms with Gasteiger partial charge in [-0.1, -0.05) is 24.8 Å². The molecule has 1 atom stereocenters. The summed E-state index contributed by atoms with van der Waals surface area (Å²) >= 11 is 0. The van der Waals surface area contributed by atoms with E-state index < -0.39 is 28.3 Å². The minimum absolute atomic E-state index is 0.00481. The molecule has 62 heavy (non-hydrogen) atoms. The van der Waals surface area contributed by atoms with E-state index >= 15 is 8.78 Å². The van der Waals surface area contributed by atoms with E-state index in [4.69, 9.17) is 15.9 Å². The summed E-state index contributed by atoms with van der Waals surface area (Å²) in [5.74, 6) is -3.11. The first-order valence-corrected chi connectivity index (χ1v) is 20.8. The zero-order chi connectivity index (χ0) is 44.3. The van der Waals surface area contributed by atoms with Crippen molar-refractivity contribution in [2.75, 3.05) is 30.3 Å². The number of benzene rings is 3. The molecule has 1 saturated heterocycles. The molecule has 7 rings (SSSR count). The lowest BCUT2D eigenvalue weighted by Crippen LogP contribution is -2.49. The number of anilines is 3. The van der Waals surface area contributed by atoms with Crippen LogP contribution in [0.3, 0.4) is 0 Å². The number of likely N-dealkylation sites (tertiary alicyclic amines) is 1. The van der Waals surface area contributed by atoms with E-state index in [-0.39, 0.29) is 69.2 Å². The second-order valence-electron chi connectivity index (χ2n) is 14.9. The Morgan fingerprint density at radius 1 is 1.13 bits per heavy atom.